The third-order valence-corrected chi connectivity index (χ3v) is 8.64. The van der Waals surface area contributed by atoms with Crippen LogP contribution in [0.3, 0.4) is 0 Å². The van der Waals surface area contributed by atoms with Crippen molar-refractivity contribution in [2.75, 3.05) is 36.8 Å². The fraction of sp³-hybridized carbons (Fsp3) is 0.258. The van der Waals surface area contributed by atoms with E-state index in [-0.39, 0.29) is 10.8 Å². The van der Waals surface area contributed by atoms with E-state index in [0.29, 0.717) is 28.3 Å². The molecular weight excluding hydrogens is 524 g/mol. The number of sulfonamides is 1. The number of hydrogen-bond acceptors (Lipinski definition) is 5. The van der Waals surface area contributed by atoms with Gasteiger partial charge in [-0.25, -0.2) is 8.42 Å². The van der Waals surface area contributed by atoms with Gasteiger partial charge in [0.25, 0.3) is 15.9 Å². The summed E-state index contributed by atoms with van der Waals surface area (Å²) < 4.78 is 34.3. The molecule has 0 fully saturated rings. The number of aryl methyl sites for hydroxylation is 1. The molecule has 0 saturated heterocycles. The van der Waals surface area contributed by atoms with Gasteiger partial charge in [-0.15, -0.1) is 0 Å². The van der Waals surface area contributed by atoms with Crippen molar-refractivity contribution < 1.29 is 17.9 Å². The number of para-hydroxylation sites is 2. The van der Waals surface area contributed by atoms with Gasteiger partial charge in [0.1, 0.15) is 5.75 Å². The summed E-state index contributed by atoms with van der Waals surface area (Å²) in [5.41, 5.74) is 4.86. The Labute approximate surface area is 235 Å². The highest BCUT2D eigenvalue weighted by Gasteiger charge is 2.27. The summed E-state index contributed by atoms with van der Waals surface area (Å²) in [5, 5.41) is 3.91. The first-order valence-corrected chi connectivity index (χ1v) is 15.0. The maximum atomic E-state index is 13.2. The van der Waals surface area contributed by atoms with Gasteiger partial charge in [0.2, 0.25) is 0 Å². The number of ether oxygens (including phenoxy) is 1. The second-order valence-corrected chi connectivity index (χ2v) is 11.5. The maximum absolute atomic E-state index is 13.2. The summed E-state index contributed by atoms with van der Waals surface area (Å²) in [5.74, 6) is 0.133. The van der Waals surface area contributed by atoms with Gasteiger partial charge in [-0.05, 0) is 92.6 Å². The van der Waals surface area contributed by atoms with Crippen molar-refractivity contribution in [1.82, 2.24) is 9.88 Å². The molecule has 9 heteroatoms. The van der Waals surface area contributed by atoms with Gasteiger partial charge in [0.05, 0.1) is 23.3 Å². The Balaban J connectivity index is 1.40. The summed E-state index contributed by atoms with van der Waals surface area (Å²) >= 11 is 0. The molecule has 3 aromatic carbocycles. The van der Waals surface area contributed by atoms with Gasteiger partial charge in [-0.1, -0.05) is 32.0 Å². The van der Waals surface area contributed by atoms with Gasteiger partial charge in [0.15, 0.2) is 0 Å². The van der Waals surface area contributed by atoms with Crippen LogP contribution in [0.1, 0.15) is 37.1 Å². The molecule has 0 bridgehead atoms. The molecule has 1 aliphatic rings. The zero-order valence-electron chi connectivity index (χ0n) is 23.0. The Kier molecular flexibility index (Phi) is 7.95. The molecule has 1 aromatic heterocycles. The van der Waals surface area contributed by atoms with E-state index >= 15 is 0 Å². The normalized spacial score (nSPS) is 14.1. The molecule has 0 spiro atoms. The van der Waals surface area contributed by atoms with Crippen molar-refractivity contribution in [2.45, 2.75) is 31.6 Å². The van der Waals surface area contributed by atoms with Crippen molar-refractivity contribution in [3.63, 3.8) is 0 Å². The third-order valence-electron chi connectivity index (χ3n) is 7.28. The lowest BCUT2D eigenvalue weighted by Crippen LogP contribution is -2.24. The minimum atomic E-state index is -3.93. The Hall–Kier alpha value is -4.08. The number of methoxy groups -OCH3 is 1. The largest absolute Gasteiger partial charge is 0.495 e. The molecule has 0 unspecified atom stereocenters. The van der Waals surface area contributed by atoms with Crippen molar-refractivity contribution in [1.29, 1.82) is 0 Å². The van der Waals surface area contributed by atoms with Crippen LogP contribution < -0.4 is 14.8 Å². The number of anilines is 2. The first-order chi connectivity index (χ1) is 19.3. The van der Waals surface area contributed by atoms with Crippen LogP contribution >= 0.6 is 0 Å². The van der Waals surface area contributed by atoms with Crippen molar-refractivity contribution in [3.05, 3.63) is 83.6 Å². The number of aromatic nitrogens is 1. The van der Waals surface area contributed by atoms with Crippen LogP contribution in [-0.4, -0.2) is 51.0 Å². The Morgan fingerprint density at radius 1 is 1.00 bits per heavy atom. The van der Waals surface area contributed by atoms with Gasteiger partial charge in [-0.3, -0.25) is 9.52 Å². The molecule has 1 amide bonds. The number of amides is 1. The number of rotatable bonds is 11. The lowest BCUT2D eigenvalue weighted by Gasteiger charge is -2.17. The topological polar surface area (TPSA) is 104 Å². The number of nitrogens with one attached hydrogen (secondary N) is 3. The summed E-state index contributed by atoms with van der Waals surface area (Å²) in [6.45, 7) is 7.58. The standard InChI is InChI=1S/C31H34N4O4S/c1-4-35(5-2)16-8-9-21-12-14-27-22(17-21)18-23(32-27)19-26-25-20-24(13-15-28(25)33-31(26)36)40(37,38)34-29-10-6-7-11-30(29)39-3/h6-7,10-15,17-20,32,34H,4-5,8-9,16H2,1-3H3,(H,33,36). The number of nitrogens with zero attached hydrogens (tertiary/aromatic N) is 1. The number of fused-ring (bicyclic) bond motifs is 2. The Bertz CT molecular complexity index is 1690. The zero-order chi connectivity index (χ0) is 28.3. The number of aromatic amines is 1. The van der Waals surface area contributed by atoms with E-state index in [4.69, 9.17) is 4.74 Å². The second-order valence-electron chi connectivity index (χ2n) is 9.80. The SMILES string of the molecule is CCN(CC)CCCc1ccc2[nH]c(C=C3C(=O)Nc4ccc(S(=O)(=O)Nc5ccccc5OC)cc43)cc2c1. The zero-order valence-corrected chi connectivity index (χ0v) is 23.8. The van der Waals surface area contributed by atoms with Gasteiger partial charge in [-0.2, -0.15) is 0 Å². The molecule has 0 radical (unpaired) electrons. The minimum Gasteiger partial charge on any atom is -0.495 e. The molecule has 3 N–H and O–H groups in total. The van der Waals surface area contributed by atoms with Crippen molar-refractivity contribution >= 4 is 49.9 Å². The molecule has 208 valence electrons. The van der Waals surface area contributed by atoms with Crippen LogP contribution in [0, 0.1) is 0 Å². The average molecular weight is 559 g/mol. The Morgan fingerprint density at radius 2 is 1.80 bits per heavy atom. The van der Waals surface area contributed by atoms with E-state index in [1.807, 2.05) is 6.07 Å². The quantitative estimate of drug-likeness (QED) is 0.204. The highest BCUT2D eigenvalue weighted by Crippen LogP contribution is 2.36. The average Bonchev–Trinajstić information content (AvgIpc) is 3.50. The molecule has 0 saturated carbocycles. The van der Waals surface area contributed by atoms with Crippen LogP contribution in [0.2, 0.25) is 0 Å². The van der Waals surface area contributed by atoms with Gasteiger partial charge < -0.3 is 19.9 Å². The molecular formula is C31H34N4O4S. The Morgan fingerprint density at radius 3 is 2.58 bits per heavy atom. The van der Waals surface area contributed by atoms with Gasteiger partial charge >= 0.3 is 0 Å². The number of H-pyrrole nitrogens is 1. The lowest BCUT2D eigenvalue weighted by molar-refractivity contribution is -0.110. The highest BCUT2D eigenvalue weighted by atomic mass is 32.2. The third kappa shape index (κ3) is 5.76. The molecule has 8 nitrogen and oxygen atoms in total. The molecule has 40 heavy (non-hydrogen) atoms. The molecule has 1 aliphatic heterocycles. The fourth-order valence-electron chi connectivity index (χ4n) is 5.05. The second kappa shape index (κ2) is 11.6. The number of carbonyl (C=O) groups excluding carboxylic acids is 1. The van der Waals surface area contributed by atoms with Crippen LogP contribution in [0.4, 0.5) is 11.4 Å². The highest BCUT2D eigenvalue weighted by molar-refractivity contribution is 7.92. The van der Waals surface area contributed by atoms with E-state index < -0.39 is 10.0 Å². The van der Waals surface area contributed by atoms with E-state index in [1.165, 1.54) is 24.8 Å². The first-order valence-electron chi connectivity index (χ1n) is 13.5. The number of hydrogen-bond donors (Lipinski definition) is 3. The predicted molar refractivity (Wildman–Crippen MR) is 161 cm³/mol. The van der Waals surface area contributed by atoms with Gasteiger partial charge in [0, 0.05) is 27.8 Å². The summed E-state index contributed by atoms with van der Waals surface area (Å²) in [6, 6.07) is 19.8. The van der Waals surface area contributed by atoms with E-state index in [9.17, 15) is 13.2 Å². The van der Waals surface area contributed by atoms with Crippen LogP contribution in [0.15, 0.2) is 71.6 Å². The molecule has 0 atom stereocenters. The summed E-state index contributed by atoms with van der Waals surface area (Å²) in [7, 11) is -2.45. The van der Waals surface area contributed by atoms with E-state index in [2.05, 4.69) is 52.0 Å². The van der Waals surface area contributed by atoms with E-state index in [0.717, 1.165) is 49.1 Å². The first kappa shape index (κ1) is 27.5. The number of carbonyl (C=O) groups is 1. The fourth-order valence-corrected chi connectivity index (χ4v) is 6.15. The molecule has 2 heterocycles. The monoisotopic (exact) mass is 558 g/mol. The number of benzene rings is 3. The van der Waals surface area contributed by atoms with Crippen LogP contribution in [0.5, 0.6) is 5.75 Å². The lowest BCUT2D eigenvalue weighted by atomic mass is 10.1. The summed E-state index contributed by atoms with van der Waals surface area (Å²) in [6.07, 6.45) is 3.87. The van der Waals surface area contributed by atoms with Crippen molar-refractivity contribution in [2.24, 2.45) is 0 Å². The predicted octanol–water partition coefficient (Wildman–Crippen LogP) is 5.74. The van der Waals surface area contributed by atoms with Crippen LogP contribution in [-0.2, 0) is 21.2 Å². The maximum Gasteiger partial charge on any atom is 0.262 e. The van der Waals surface area contributed by atoms with Crippen molar-refractivity contribution in [3.8, 4) is 5.75 Å². The molecule has 5 rings (SSSR count). The van der Waals surface area contributed by atoms with Crippen LogP contribution in [0.25, 0.3) is 22.6 Å². The smallest absolute Gasteiger partial charge is 0.262 e. The minimum absolute atomic E-state index is 0.0468. The summed E-state index contributed by atoms with van der Waals surface area (Å²) in [4.78, 5) is 18.7. The molecule has 4 aromatic rings. The van der Waals surface area contributed by atoms with E-state index in [1.54, 1.807) is 36.4 Å². The molecule has 0 aliphatic carbocycles.